The summed E-state index contributed by atoms with van der Waals surface area (Å²) in [6, 6.07) is 0. The SMILES string of the molecule is CC(=O)NCC(CO)CC(C)C. The van der Waals surface area contributed by atoms with Crippen molar-refractivity contribution in [1.29, 1.82) is 0 Å². The van der Waals surface area contributed by atoms with Crippen molar-refractivity contribution in [3.63, 3.8) is 0 Å². The fraction of sp³-hybridized carbons (Fsp3) is 0.889. The number of carbonyl (C=O) groups excluding carboxylic acids is 1. The topological polar surface area (TPSA) is 49.3 Å². The monoisotopic (exact) mass is 173 g/mol. The maximum absolute atomic E-state index is 10.6. The summed E-state index contributed by atoms with van der Waals surface area (Å²) in [7, 11) is 0. The second-order valence-corrected chi connectivity index (χ2v) is 3.62. The lowest BCUT2D eigenvalue weighted by atomic mass is 9.98. The summed E-state index contributed by atoms with van der Waals surface area (Å²) in [5.74, 6) is 0.738. The van der Waals surface area contributed by atoms with Gasteiger partial charge in [0.1, 0.15) is 0 Å². The highest BCUT2D eigenvalue weighted by Crippen LogP contribution is 2.09. The van der Waals surface area contributed by atoms with Crippen molar-refractivity contribution in [1.82, 2.24) is 5.32 Å². The molecule has 0 bridgehead atoms. The molecule has 0 radical (unpaired) electrons. The molecule has 3 nitrogen and oxygen atoms in total. The lowest BCUT2D eigenvalue weighted by molar-refractivity contribution is -0.119. The minimum absolute atomic E-state index is 0.0304. The summed E-state index contributed by atoms with van der Waals surface area (Å²) in [4.78, 5) is 10.6. The zero-order chi connectivity index (χ0) is 9.56. The molecule has 0 spiro atoms. The summed E-state index contributed by atoms with van der Waals surface area (Å²) in [6.45, 7) is 6.44. The van der Waals surface area contributed by atoms with E-state index in [1.807, 2.05) is 0 Å². The zero-order valence-corrected chi connectivity index (χ0v) is 8.13. The average molecular weight is 173 g/mol. The molecular formula is C9H19NO2. The van der Waals surface area contributed by atoms with Crippen LogP contribution >= 0.6 is 0 Å². The quantitative estimate of drug-likeness (QED) is 0.645. The predicted octanol–water partition coefficient (Wildman–Crippen LogP) is 0.777. The van der Waals surface area contributed by atoms with Crippen molar-refractivity contribution in [2.45, 2.75) is 27.2 Å². The lowest BCUT2D eigenvalue weighted by Gasteiger charge is -2.16. The van der Waals surface area contributed by atoms with Crippen LogP contribution in [0.25, 0.3) is 0 Å². The standard InChI is InChI=1S/C9H19NO2/c1-7(2)4-9(6-11)5-10-8(3)12/h7,9,11H,4-6H2,1-3H3,(H,10,12). The largest absolute Gasteiger partial charge is 0.396 e. The van der Waals surface area contributed by atoms with Crippen LogP contribution in [0.15, 0.2) is 0 Å². The van der Waals surface area contributed by atoms with E-state index in [2.05, 4.69) is 19.2 Å². The highest BCUT2D eigenvalue weighted by atomic mass is 16.3. The first-order valence-corrected chi connectivity index (χ1v) is 4.41. The van der Waals surface area contributed by atoms with Crippen LogP contribution in [0.2, 0.25) is 0 Å². The van der Waals surface area contributed by atoms with Crippen molar-refractivity contribution in [3.8, 4) is 0 Å². The van der Waals surface area contributed by atoms with Crippen molar-refractivity contribution in [3.05, 3.63) is 0 Å². The number of rotatable bonds is 5. The molecule has 0 aliphatic carbocycles. The zero-order valence-electron chi connectivity index (χ0n) is 8.13. The molecule has 0 aromatic carbocycles. The Balaban J connectivity index is 3.60. The number of aliphatic hydroxyl groups is 1. The number of hydrogen-bond donors (Lipinski definition) is 2. The Bertz CT molecular complexity index is 134. The molecule has 2 N–H and O–H groups in total. The van der Waals surface area contributed by atoms with E-state index in [4.69, 9.17) is 5.11 Å². The molecule has 0 rings (SSSR count). The van der Waals surface area contributed by atoms with Crippen LogP contribution in [0.4, 0.5) is 0 Å². The van der Waals surface area contributed by atoms with E-state index in [0.717, 1.165) is 6.42 Å². The first kappa shape index (κ1) is 11.4. The number of aliphatic hydroxyl groups excluding tert-OH is 1. The maximum Gasteiger partial charge on any atom is 0.216 e. The summed E-state index contributed by atoms with van der Waals surface area (Å²) in [5, 5.41) is 11.6. The third-order valence-electron chi connectivity index (χ3n) is 1.70. The Labute approximate surface area is 74.2 Å². The first-order chi connectivity index (χ1) is 5.56. The van der Waals surface area contributed by atoms with Crippen LogP contribution in [0, 0.1) is 11.8 Å². The molecule has 12 heavy (non-hydrogen) atoms. The number of carbonyl (C=O) groups is 1. The highest BCUT2D eigenvalue weighted by molar-refractivity contribution is 5.72. The molecule has 0 heterocycles. The average Bonchev–Trinajstić information content (AvgIpc) is 1.97. The van der Waals surface area contributed by atoms with Crippen molar-refractivity contribution in [2.75, 3.05) is 13.2 Å². The van der Waals surface area contributed by atoms with Crippen molar-refractivity contribution >= 4 is 5.91 Å². The summed E-state index contributed by atoms with van der Waals surface area (Å²) < 4.78 is 0. The van der Waals surface area contributed by atoms with Gasteiger partial charge in [-0.1, -0.05) is 13.8 Å². The molecule has 0 aromatic rings. The third-order valence-corrected chi connectivity index (χ3v) is 1.70. The molecule has 1 atom stereocenters. The summed E-state index contributed by atoms with van der Waals surface area (Å²) in [6.07, 6.45) is 0.955. The molecule has 0 aliphatic rings. The van der Waals surface area contributed by atoms with Crippen LogP contribution in [0.5, 0.6) is 0 Å². The van der Waals surface area contributed by atoms with Gasteiger partial charge in [-0.2, -0.15) is 0 Å². The third kappa shape index (κ3) is 6.16. The summed E-state index contributed by atoms with van der Waals surface area (Å²) in [5.41, 5.74) is 0. The fourth-order valence-electron chi connectivity index (χ4n) is 1.18. The minimum Gasteiger partial charge on any atom is -0.396 e. The van der Waals surface area contributed by atoms with Gasteiger partial charge >= 0.3 is 0 Å². The van der Waals surface area contributed by atoms with E-state index < -0.39 is 0 Å². The number of hydrogen-bond acceptors (Lipinski definition) is 2. The Kier molecular flexibility index (Phi) is 5.72. The number of nitrogens with one attached hydrogen (secondary N) is 1. The smallest absolute Gasteiger partial charge is 0.216 e. The molecule has 0 aliphatic heterocycles. The molecule has 3 heteroatoms. The molecule has 0 aromatic heterocycles. The maximum atomic E-state index is 10.6. The van der Waals surface area contributed by atoms with Gasteiger partial charge in [-0.15, -0.1) is 0 Å². The van der Waals surface area contributed by atoms with Gasteiger partial charge < -0.3 is 10.4 Å². The molecular weight excluding hydrogens is 154 g/mol. The van der Waals surface area contributed by atoms with Gasteiger partial charge in [-0.05, 0) is 18.3 Å². The second-order valence-electron chi connectivity index (χ2n) is 3.62. The van der Waals surface area contributed by atoms with E-state index in [1.54, 1.807) is 0 Å². The summed E-state index contributed by atoms with van der Waals surface area (Å²) >= 11 is 0. The van der Waals surface area contributed by atoms with Gasteiger partial charge in [0.25, 0.3) is 0 Å². The van der Waals surface area contributed by atoms with E-state index in [9.17, 15) is 4.79 Å². The Morgan fingerprint density at radius 1 is 1.50 bits per heavy atom. The van der Waals surface area contributed by atoms with Gasteiger partial charge in [-0.25, -0.2) is 0 Å². The first-order valence-electron chi connectivity index (χ1n) is 4.41. The normalized spacial score (nSPS) is 13.1. The van der Waals surface area contributed by atoms with Gasteiger partial charge in [0.05, 0.1) is 0 Å². The van der Waals surface area contributed by atoms with Gasteiger partial charge in [0, 0.05) is 20.1 Å². The molecule has 0 saturated heterocycles. The van der Waals surface area contributed by atoms with Gasteiger partial charge in [-0.3, -0.25) is 4.79 Å². The Morgan fingerprint density at radius 3 is 2.42 bits per heavy atom. The lowest BCUT2D eigenvalue weighted by Crippen LogP contribution is -2.29. The van der Waals surface area contributed by atoms with Crippen LogP contribution in [0.1, 0.15) is 27.2 Å². The van der Waals surface area contributed by atoms with Crippen LogP contribution in [-0.4, -0.2) is 24.2 Å². The molecule has 1 amide bonds. The molecule has 72 valence electrons. The minimum atomic E-state index is -0.0304. The van der Waals surface area contributed by atoms with Crippen LogP contribution < -0.4 is 5.32 Å². The van der Waals surface area contributed by atoms with Gasteiger partial charge in [0.15, 0.2) is 0 Å². The van der Waals surface area contributed by atoms with Gasteiger partial charge in [0.2, 0.25) is 5.91 Å². The number of amides is 1. The molecule has 0 saturated carbocycles. The van der Waals surface area contributed by atoms with E-state index in [0.29, 0.717) is 12.5 Å². The highest BCUT2D eigenvalue weighted by Gasteiger charge is 2.09. The van der Waals surface area contributed by atoms with Crippen molar-refractivity contribution < 1.29 is 9.90 Å². The Morgan fingerprint density at radius 2 is 2.08 bits per heavy atom. The molecule has 0 fully saturated rings. The van der Waals surface area contributed by atoms with Crippen molar-refractivity contribution in [2.24, 2.45) is 11.8 Å². The van der Waals surface area contributed by atoms with E-state index in [1.165, 1.54) is 6.92 Å². The molecule has 1 unspecified atom stereocenters. The fourth-order valence-corrected chi connectivity index (χ4v) is 1.18. The van der Waals surface area contributed by atoms with E-state index in [-0.39, 0.29) is 18.4 Å². The predicted molar refractivity (Wildman–Crippen MR) is 48.7 cm³/mol. The Hall–Kier alpha value is -0.570. The van der Waals surface area contributed by atoms with E-state index >= 15 is 0 Å². The second kappa shape index (κ2) is 6.00. The van der Waals surface area contributed by atoms with Crippen LogP contribution in [0.3, 0.4) is 0 Å². The van der Waals surface area contributed by atoms with Crippen LogP contribution in [-0.2, 0) is 4.79 Å².